The maximum absolute atomic E-state index is 9.87. The van der Waals surface area contributed by atoms with E-state index in [0.717, 1.165) is 17.8 Å². The monoisotopic (exact) mass is 298 g/mol. The Labute approximate surface area is 125 Å². The highest BCUT2D eigenvalue weighted by Crippen LogP contribution is 2.30. The summed E-state index contributed by atoms with van der Waals surface area (Å²) in [6, 6.07) is 6.59. The molecule has 0 heterocycles. The van der Waals surface area contributed by atoms with Gasteiger partial charge in [-0.2, -0.15) is 0 Å². The van der Waals surface area contributed by atoms with E-state index >= 15 is 0 Å². The zero-order valence-electron chi connectivity index (χ0n) is 12.1. The third kappa shape index (κ3) is 4.35. The number of para-hydroxylation sites is 1. The largest absolute Gasteiger partial charge is 0.389 e. The van der Waals surface area contributed by atoms with E-state index in [2.05, 4.69) is 11.4 Å². The number of hydrogen-bond acceptors (Lipinski definition) is 4. The number of benzene rings is 1. The smallest absolute Gasteiger partial charge is 0.0947 e. The van der Waals surface area contributed by atoms with Crippen molar-refractivity contribution in [3.63, 3.8) is 0 Å². The Kier molecular flexibility index (Phi) is 5.66. The summed E-state index contributed by atoms with van der Waals surface area (Å²) in [5.74, 6) is 0. The quantitative estimate of drug-likeness (QED) is 0.771. The van der Waals surface area contributed by atoms with E-state index in [1.807, 2.05) is 24.1 Å². The normalized spacial score (nSPS) is 16.2. The van der Waals surface area contributed by atoms with Gasteiger partial charge in [0.05, 0.1) is 23.4 Å². The predicted octanol–water partition coefficient (Wildman–Crippen LogP) is 2.04. The minimum atomic E-state index is -0.523. The Balaban J connectivity index is 2.06. The second-order valence-corrected chi connectivity index (χ2v) is 5.80. The Bertz CT molecular complexity index is 438. The molecule has 0 bridgehead atoms. The highest BCUT2D eigenvalue weighted by molar-refractivity contribution is 6.33. The first-order valence-corrected chi connectivity index (χ1v) is 7.38. The Hall–Kier alpha value is -0.810. The van der Waals surface area contributed by atoms with Crippen molar-refractivity contribution in [3.05, 3.63) is 28.8 Å². The number of aliphatic hydroxyl groups is 1. The number of nitrogens with zero attached hydrogens (tertiary/aromatic N) is 1. The van der Waals surface area contributed by atoms with Crippen LogP contribution in [0.2, 0.25) is 5.02 Å². The van der Waals surface area contributed by atoms with Crippen LogP contribution in [0.5, 0.6) is 0 Å². The van der Waals surface area contributed by atoms with Crippen LogP contribution in [0.4, 0.5) is 5.69 Å². The molecule has 1 aliphatic carbocycles. The van der Waals surface area contributed by atoms with Crippen LogP contribution >= 0.6 is 11.6 Å². The molecule has 0 saturated heterocycles. The molecule has 1 unspecified atom stereocenters. The number of ether oxygens (including phenoxy) is 1. The maximum Gasteiger partial charge on any atom is 0.0947 e. The van der Waals surface area contributed by atoms with Crippen molar-refractivity contribution < 1.29 is 9.84 Å². The van der Waals surface area contributed by atoms with E-state index in [9.17, 15) is 5.11 Å². The van der Waals surface area contributed by atoms with Gasteiger partial charge in [-0.25, -0.2) is 0 Å². The number of likely N-dealkylation sites (N-methyl/N-ethyl adjacent to an activating group) is 1. The first-order valence-electron chi connectivity index (χ1n) is 7.00. The summed E-state index contributed by atoms with van der Waals surface area (Å²) < 4.78 is 4.97. The van der Waals surface area contributed by atoms with Gasteiger partial charge in [-0.1, -0.05) is 23.7 Å². The zero-order chi connectivity index (χ0) is 14.5. The molecule has 4 nitrogen and oxygen atoms in total. The molecule has 1 aromatic rings. The van der Waals surface area contributed by atoms with E-state index in [1.165, 1.54) is 12.8 Å². The summed E-state index contributed by atoms with van der Waals surface area (Å²) in [6.45, 7) is 1.63. The number of rotatable bonds is 8. The molecule has 0 spiro atoms. The highest BCUT2D eigenvalue weighted by atomic mass is 35.5. The van der Waals surface area contributed by atoms with E-state index in [0.29, 0.717) is 24.2 Å². The van der Waals surface area contributed by atoms with E-state index in [-0.39, 0.29) is 0 Å². The van der Waals surface area contributed by atoms with Crippen molar-refractivity contribution in [1.82, 2.24) is 5.32 Å². The van der Waals surface area contributed by atoms with Gasteiger partial charge < -0.3 is 20.1 Å². The fourth-order valence-electron chi connectivity index (χ4n) is 2.32. The SMILES string of the molecule is COCC(O)CN(C)c1c(Cl)cccc1CNC1CC1. The van der Waals surface area contributed by atoms with E-state index in [4.69, 9.17) is 16.3 Å². The number of nitrogens with one attached hydrogen (secondary N) is 1. The van der Waals surface area contributed by atoms with Crippen LogP contribution in [0, 0.1) is 0 Å². The number of anilines is 1. The summed E-state index contributed by atoms with van der Waals surface area (Å²) in [6.07, 6.45) is 2.00. The van der Waals surface area contributed by atoms with Gasteiger partial charge in [-0.15, -0.1) is 0 Å². The summed E-state index contributed by atoms with van der Waals surface area (Å²) in [7, 11) is 3.53. The van der Waals surface area contributed by atoms with Gasteiger partial charge in [0.15, 0.2) is 0 Å². The van der Waals surface area contributed by atoms with Gasteiger partial charge in [0.2, 0.25) is 0 Å². The van der Waals surface area contributed by atoms with Crippen molar-refractivity contribution in [2.45, 2.75) is 31.5 Å². The summed E-state index contributed by atoms with van der Waals surface area (Å²) in [5.41, 5.74) is 2.15. The predicted molar refractivity (Wildman–Crippen MR) is 82.5 cm³/mol. The average Bonchev–Trinajstić information content (AvgIpc) is 3.20. The van der Waals surface area contributed by atoms with Gasteiger partial charge >= 0.3 is 0 Å². The zero-order valence-corrected chi connectivity index (χ0v) is 12.9. The van der Waals surface area contributed by atoms with Gasteiger partial charge in [-0.05, 0) is 24.5 Å². The van der Waals surface area contributed by atoms with Crippen LogP contribution in [0.15, 0.2) is 18.2 Å². The molecule has 2 rings (SSSR count). The minimum Gasteiger partial charge on any atom is -0.389 e. The van der Waals surface area contributed by atoms with Crippen molar-refractivity contribution in [1.29, 1.82) is 0 Å². The number of hydrogen-bond donors (Lipinski definition) is 2. The fourth-order valence-corrected chi connectivity index (χ4v) is 2.66. The van der Waals surface area contributed by atoms with Crippen LogP contribution in [-0.2, 0) is 11.3 Å². The topological polar surface area (TPSA) is 44.7 Å². The van der Waals surface area contributed by atoms with Gasteiger partial charge in [0, 0.05) is 33.3 Å². The van der Waals surface area contributed by atoms with E-state index < -0.39 is 6.10 Å². The van der Waals surface area contributed by atoms with Crippen LogP contribution in [0.25, 0.3) is 0 Å². The van der Waals surface area contributed by atoms with Crippen molar-refractivity contribution in [3.8, 4) is 0 Å². The second-order valence-electron chi connectivity index (χ2n) is 5.39. The van der Waals surface area contributed by atoms with Crippen LogP contribution in [-0.4, -0.2) is 44.6 Å². The van der Waals surface area contributed by atoms with Gasteiger partial charge in [-0.3, -0.25) is 0 Å². The Morgan fingerprint density at radius 1 is 1.50 bits per heavy atom. The molecule has 1 saturated carbocycles. The second kappa shape index (κ2) is 7.27. The summed E-state index contributed by atoms with van der Waals surface area (Å²) >= 11 is 6.33. The summed E-state index contributed by atoms with van der Waals surface area (Å²) in [5, 5.41) is 14.1. The third-order valence-corrected chi connectivity index (χ3v) is 3.76. The maximum atomic E-state index is 9.87. The lowest BCUT2D eigenvalue weighted by atomic mass is 10.1. The number of halogens is 1. The third-order valence-electron chi connectivity index (χ3n) is 3.45. The molecule has 1 aliphatic rings. The van der Waals surface area contributed by atoms with Gasteiger partial charge in [0.25, 0.3) is 0 Å². The molecule has 1 fully saturated rings. The van der Waals surface area contributed by atoms with Gasteiger partial charge in [0.1, 0.15) is 0 Å². The number of methoxy groups -OCH3 is 1. The molecule has 5 heteroatoms. The first-order chi connectivity index (χ1) is 9.61. The lowest BCUT2D eigenvalue weighted by Gasteiger charge is -2.26. The highest BCUT2D eigenvalue weighted by Gasteiger charge is 2.21. The minimum absolute atomic E-state index is 0.324. The average molecular weight is 299 g/mol. The molecule has 1 atom stereocenters. The molecular weight excluding hydrogens is 276 g/mol. The molecule has 0 radical (unpaired) electrons. The number of aliphatic hydroxyl groups excluding tert-OH is 1. The van der Waals surface area contributed by atoms with Crippen molar-refractivity contribution in [2.75, 3.05) is 32.2 Å². The van der Waals surface area contributed by atoms with Crippen LogP contribution in [0.3, 0.4) is 0 Å². The molecule has 1 aromatic carbocycles. The van der Waals surface area contributed by atoms with Crippen LogP contribution < -0.4 is 10.2 Å². The Morgan fingerprint density at radius 3 is 2.90 bits per heavy atom. The standard InChI is InChI=1S/C15H23ClN2O2/c1-18(9-13(19)10-20-2)15-11(4-3-5-14(15)16)8-17-12-6-7-12/h3-5,12-13,17,19H,6-10H2,1-2H3. The molecule has 0 amide bonds. The molecule has 0 aliphatic heterocycles. The fraction of sp³-hybridized carbons (Fsp3) is 0.600. The Morgan fingerprint density at radius 2 is 2.25 bits per heavy atom. The van der Waals surface area contributed by atoms with Crippen molar-refractivity contribution >= 4 is 17.3 Å². The molecule has 112 valence electrons. The van der Waals surface area contributed by atoms with Crippen LogP contribution in [0.1, 0.15) is 18.4 Å². The molecule has 2 N–H and O–H groups in total. The lowest BCUT2D eigenvalue weighted by Crippen LogP contribution is -2.33. The summed E-state index contributed by atoms with van der Waals surface area (Å²) in [4.78, 5) is 2.00. The molecule has 20 heavy (non-hydrogen) atoms. The van der Waals surface area contributed by atoms with Crippen molar-refractivity contribution in [2.24, 2.45) is 0 Å². The van der Waals surface area contributed by atoms with E-state index in [1.54, 1.807) is 7.11 Å². The lowest BCUT2D eigenvalue weighted by molar-refractivity contribution is 0.0695. The first kappa shape index (κ1) is 15.6. The molecule has 0 aromatic heterocycles. The molecular formula is C15H23ClN2O2.